The van der Waals surface area contributed by atoms with Crippen LogP contribution in [0.1, 0.15) is 60.5 Å². The van der Waals surface area contributed by atoms with Crippen LogP contribution in [0.5, 0.6) is 5.75 Å². The van der Waals surface area contributed by atoms with Crippen molar-refractivity contribution in [1.29, 1.82) is 0 Å². The van der Waals surface area contributed by atoms with Crippen molar-refractivity contribution in [2.24, 2.45) is 4.99 Å². The highest BCUT2D eigenvalue weighted by Gasteiger charge is 2.35. The van der Waals surface area contributed by atoms with Gasteiger partial charge in [0.05, 0.1) is 32.0 Å². The first-order chi connectivity index (χ1) is 24.7. The zero-order valence-electron chi connectivity index (χ0n) is 28.2. The Balaban J connectivity index is 1.40. The Morgan fingerprint density at radius 3 is 2.41 bits per heavy atom. The molecule has 0 fully saturated rings. The van der Waals surface area contributed by atoms with Crippen LogP contribution >= 0.6 is 56.5 Å². The maximum absolute atomic E-state index is 14.6. The molecular formula is C42H34I2N2O4S. The summed E-state index contributed by atoms with van der Waals surface area (Å²) in [6.45, 7) is 6.63. The van der Waals surface area contributed by atoms with E-state index in [1.54, 1.807) is 11.5 Å². The van der Waals surface area contributed by atoms with E-state index in [-0.39, 0.29) is 12.2 Å². The largest absolute Gasteiger partial charge is 0.487 e. The van der Waals surface area contributed by atoms with Gasteiger partial charge < -0.3 is 9.47 Å². The number of carbonyl (C=O) groups is 1. The van der Waals surface area contributed by atoms with E-state index in [1.165, 1.54) is 16.9 Å². The van der Waals surface area contributed by atoms with Gasteiger partial charge in [-0.1, -0.05) is 122 Å². The second-order valence-electron chi connectivity index (χ2n) is 12.5. The van der Waals surface area contributed by atoms with Crippen molar-refractivity contribution in [3.63, 3.8) is 0 Å². The minimum atomic E-state index is -0.739. The molecule has 9 heteroatoms. The number of hydrogen-bond donors (Lipinski definition) is 0. The van der Waals surface area contributed by atoms with E-state index < -0.39 is 12.0 Å². The fourth-order valence-corrected chi connectivity index (χ4v) is 9.41. The highest BCUT2D eigenvalue weighted by atomic mass is 127. The number of nitrogens with zero attached hydrogens (tertiary/aromatic N) is 2. The first-order valence-electron chi connectivity index (χ1n) is 16.7. The van der Waals surface area contributed by atoms with Gasteiger partial charge in [-0.05, 0) is 104 Å². The highest BCUT2D eigenvalue weighted by molar-refractivity contribution is 14.1. The van der Waals surface area contributed by atoms with Crippen LogP contribution in [-0.2, 0) is 16.1 Å². The van der Waals surface area contributed by atoms with Crippen molar-refractivity contribution in [3.8, 4) is 5.75 Å². The molecule has 6 nitrogen and oxygen atoms in total. The topological polar surface area (TPSA) is 69.9 Å². The average Bonchev–Trinajstić information content (AvgIpc) is 3.44. The van der Waals surface area contributed by atoms with Crippen LogP contribution in [0.25, 0.3) is 22.5 Å². The molecule has 1 atom stereocenters. The normalized spacial score (nSPS) is 14.5. The smallest absolute Gasteiger partial charge is 0.338 e. The van der Waals surface area contributed by atoms with Gasteiger partial charge in [-0.3, -0.25) is 9.36 Å². The summed E-state index contributed by atoms with van der Waals surface area (Å²) in [4.78, 5) is 34.0. The van der Waals surface area contributed by atoms with Crippen molar-refractivity contribution < 1.29 is 14.3 Å². The van der Waals surface area contributed by atoms with Crippen molar-refractivity contribution in [2.75, 3.05) is 6.61 Å². The molecule has 51 heavy (non-hydrogen) atoms. The summed E-state index contributed by atoms with van der Waals surface area (Å²) in [5.41, 5.74) is 5.23. The number of aromatic nitrogens is 1. The molecule has 1 aromatic heterocycles. The molecule has 0 N–H and O–H groups in total. The maximum Gasteiger partial charge on any atom is 0.338 e. The minimum absolute atomic E-state index is 0.195. The van der Waals surface area contributed by atoms with Crippen LogP contribution in [0.15, 0.2) is 125 Å². The molecule has 0 bridgehead atoms. The molecule has 7 rings (SSSR count). The third-order valence-electron chi connectivity index (χ3n) is 8.87. The van der Waals surface area contributed by atoms with Crippen LogP contribution in [-0.4, -0.2) is 17.1 Å². The van der Waals surface area contributed by atoms with E-state index in [2.05, 4.69) is 101 Å². The molecule has 0 radical (unpaired) electrons. The first kappa shape index (κ1) is 35.3. The van der Waals surface area contributed by atoms with Gasteiger partial charge in [0, 0.05) is 14.7 Å². The number of carbonyl (C=O) groups excluding carboxylic acids is 1. The summed E-state index contributed by atoms with van der Waals surface area (Å²) in [6, 6.07) is 35.6. The summed E-state index contributed by atoms with van der Waals surface area (Å²) in [6.07, 6.45) is 1.89. The maximum atomic E-state index is 14.6. The fourth-order valence-electron chi connectivity index (χ4n) is 6.37. The zero-order chi connectivity index (χ0) is 35.6. The van der Waals surface area contributed by atoms with E-state index in [0.717, 1.165) is 40.2 Å². The number of rotatable bonds is 9. The second-order valence-corrected chi connectivity index (χ2v) is 15.9. The van der Waals surface area contributed by atoms with E-state index in [1.807, 2.05) is 72.8 Å². The molecule has 1 aliphatic heterocycles. The Morgan fingerprint density at radius 2 is 1.67 bits per heavy atom. The minimum Gasteiger partial charge on any atom is -0.487 e. The molecule has 6 aromatic rings. The predicted octanol–water partition coefficient (Wildman–Crippen LogP) is 9.00. The third kappa shape index (κ3) is 7.20. The van der Waals surface area contributed by atoms with Crippen molar-refractivity contribution in [1.82, 2.24) is 4.57 Å². The number of hydrogen-bond acceptors (Lipinski definition) is 6. The second kappa shape index (κ2) is 15.3. The van der Waals surface area contributed by atoms with E-state index in [0.29, 0.717) is 38.9 Å². The van der Waals surface area contributed by atoms with Crippen LogP contribution in [0.2, 0.25) is 0 Å². The third-order valence-corrected chi connectivity index (χ3v) is 11.3. The number of fused-ring (bicyclic) bond motifs is 2. The number of thiazole rings is 1. The Kier molecular flexibility index (Phi) is 10.6. The van der Waals surface area contributed by atoms with Crippen molar-refractivity contribution in [2.45, 2.75) is 39.3 Å². The molecule has 0 saturated carbocycles. The first-order valence-corrected chi connectivity index (χ1v) is 19.7. The number of ether oxygens (including phenoxy) is 2. The quantitative estimate of drug-likeness (QED) is 0.107. The Bertz CT molecular complexity index is 2480. The molecule has 0 aliphatic carbocycles. The summed E-state index contributed by atoms with van der Waals surface area (Å²) in [5.74, 6) is 0.533. The van der Waals surface area contributed by atoms with Gasteiger partial charge in [-0.15, -0.1) is 0 Å². The van der Waals surface area contributed by atoms with Gasteiger partial charge in [-0.2, -0.15) is 0 Å². The van der Waals surface area contributed by atoms with Gasteiger partial charge in [0.1, 0.15) is 12.4 Å². The SMILES string of the molecule is CCOC(=O)C1=C(c2ccccc2)N=c2s/c(=C\c3cc(I)cc(I)c3OCc3cccc4ccccc34)c(=O)n2[C@H]1c1ccc(C(C)C)cc1. The number of esters is 1. The molecule has 0 spiro atoms. The lowest BCUT2D eigenvalue weighted by molar-refractivity contribution is -0.138. The molecular weight excluding hydrogens is 882 g/mol. The Hall–Kier alpha value is -4.07. The monoisotopic (exact) mass is 916 g/mol. The molecule has 2 heterocycles. The van der Waals surface area contributed by atoms with Crippen LogP contribution in [0.4, 0.5) is 0 Å². The average molecular weight is 917 g/mol. The highest BCUT2D eigenvalue weighted by Crippen LogP contribution is 2.36. The van der Waals surface area contributed by atoms with Crippen molar-refractivity contribution >= 4 is 85.0 Å². The molecule has 0 saturated heterocycles. The van der Waals surface area contributed by atoms with Crippen LogP contribution < -0.4 is 19.6 Å². The molecule has 5 aromatic carbocycles. The predicted molar refractivity (Wildman–Crippen MR) is 222 cm³/mol. The van der Waals surface area contributed by atoms with Gasteiger partial charge in [0.2, 0.25) is 0 Å². The van der Waals surface area contributed by atoms with E-state index in [9.17, 15) is 9.59 Å². The summed E-state index contributed by atoms with van der Waals surface area (Å²) in [7, 11) is 0. The summed E-state index contributed by atoms with van der Waals surface area (Å²) in [5, 5.41) is 2.30. The van der Waals surface area contributed by atoms with Gasteiger partial charge in [-0.25, -0.2) is 9.79 Å². The fraction of sp³-hybridized carbons (Fsp3) is 0.167. The molecule has 0 unspecified atom stereocenters. The van der Waals surface area contributed by atoms with Gasteiger partial charge in [0.15, 0.2) is 4.80 Å². The Morgan fingerprint density at radius 1 is 0.941 bits per heavy atom. The summed E-state index contributed by atoms with van der Waals surface area (Å²) < 4.78 is 16.3. The summed E-state index contributed by atoms with van der Waals surface area (Å²) >= 11 is 5.90. The number of benzene rings is 5. The Labute approximate surface area is 327 Å². The van der Waals surface area contributed by atoms with E-state index >= 15 is 0 Å². The molecule has 0 amide bonds. The zero-order valence-corrected chi connectivity index (χ0v) is 33.4. The van der Waals surface area contributed by atoms with Crippen LogP contribution in [0, 0.1) is 7.14 Å². The lowest BCUT2D eigenvalue weighted by atomic mass is 9.91. The lowest BCUT2D eigenvalue weighted by Crippen LogP contribution is -2.40. The van der Waals surface area contributed by atoms with Crippen LogP contribution in [0.3, 0.4) is 0 Å². The molecule has 1 aliphatic rings. The molecule has 256 valence electrons. The van der Waals surface area contributed by atoms with Crippen molar-refractivity contribution in [3.05, 3.63) is 169 Å². The van der Waals surface area contributed by atoms with Gasteiger partial charge >= 0.3 is 5.97 Å². The lowest BCUT2D eigenvalue weighted by Gasteiger charge is -2.26. The standard InChI is InChI=1S/C42H34I2N2O4S/c1-4-49-41(48)36-37(28-12-6-5-7-13-28)45-42-46(38(36)29-19-17-26(18-20-29)25(2)3)40(47)35(51-42)22-31-21-32(43)23-34(44)39(31)50-24-30-15-10-14-27-11-8-9-16-33(27)30/h5-23,25,38H,4,24H2,1-3H3/b35-22-/t38-/m0/s1. The van der Waals surface area contributed by atoms with Gasteiger partial charge in [0.25, 0.3) is 5.56 Å². The number of halogens is 2. The van der Waals surface area contributed by atoms with E-state index in [4.69, 9.17) is 14.5 Å².